The number of amides is 1. The minimum Gasteiger partial charge on any atom is -0.492 e. The number of benzene rings is 3. The number of rotatable bonds is 10. The Morgan fingerprint density at radius 2 is 1.77 bits per heavy atom. The third-order valence-corrected chi connectivity index (χ3v) is 6.32. The first-order chi connectivity index (χ1) is 18.8. The highest BCUT2D eigenvalue weighted by molar-refractivity contribution is 5.92. The second-order valence-corrected chi connectivity index (χ2v) is 8.92. The topological polar surface area (TPSA) is 108 Å². The smallest absolute Gasteiger partial charge is 0.269 e. The average Bonchev–Trinajstić information content (AvgIpc) is 2.95. The molecule has 9 heteroatoms. The first kappa shape index (κ1) is 27.3. The SMILES string of the molecule is CCCN(C(=O)/C=C/c1ccc([N+](=O)[O-])cc1)C(C)c1nc2ccccc2c(=O)n1-c1ccccc1OCC. The number of nitro benzene ring substituents is 1. The van der Waals surface area contributed by atoms with Gasteiger partial charge in [-0.1, -0.05) is 31.2 Å². The molecular formula is C30H30N4O5. The van der Waals surface area contributed by atoms with Crippen LogP contribution in [0.5, 0.6) is 5.75 Å². The predicted molar refractivity (Wildman–Crippen MR) is 151 cm³/mol. The van der Waals surface area contributed by atoms with Crippen molar-refractivity contribution in [2.75, 3.05) is 13.2 Å². The van der Waals surface area contributed by atoms with E-state index in [0.29, 0.717) is 53.3 Å². The van der Waals surface area contributed by atoms with Crippen LogP contribution < -0.4 is 10.3 Å². The number of nitro groups is 1. The molecule has 39 heavy (non-hydrogen) atoms. The summed E-state index contributed by atoms with van der Waals surface area (Å²) >= 11 is 0. The maximum absolute atomic E-state index is 13.8. The molecule has 1 aromatic heterocycles. The molecule has 0 radical (unpaired) electrons. The Kier molecular flexibility index (Phi) is 8.50. The molecule has 0 aliphatic heterocycles. The van der Waals surface area contributed by atoms with Crippen LogP contribution in [0, 0.1) is 10.1 Å². The fourth-order valence-electron chi connectivity index (χ4n) is 4.43. The van der Waals surface area contributed by atoms with Crippen LogP contribution in [-0.4, -0.2) is 38.4 Å². The van der Waals surface area contributed by atoms with Crippen LogP contribution in [0.2, 0.25) is 0 Å². The van der Waals surface area contributed by atoms with E-state index in [2.05, 4.69) is 0 Å². The molecule has 0 aliphatic rings. The Labute approximate surface area is 226 Å². The number of fused-ring (bicyclic) bond motifs is 1. The van der Waals surface area contributed by atoms with Crippen LogP contribution in [0.3, 0.4) is 0 Å². The van der Waals surface area contributed by atoms with E-state index in [-0.39, 0.29) is 17.2 Å². The summed E-state index contributed by atoms with van der Waals surface area (Å²) in [6, 6.07) is 19.8. The van der Waals surface area contributed by atoms with Crippen molar-refractivity contribution < 1.29 is 14.5 Å². The van der Waals surface area contributed by atoms with Gasteiger partial charge in [-0.05, 0) is 68.3 Å². The third kappa shape index (κ3) is 5.87. The molecule has 1 heterocycles. The van der Waals surface area contributed by atoms with Crippen molar-refractivity contribution in [2.24, 2.45) is 0 Å². The standard InChI is InChI=1S/C30H30N4O5/c1-4-20-32(28(35)19-16-22-14-17-23(18-15-22)34(37)38)21(3)29-31-25-11-7-6-10-24(25)30(36)33(29)26-12-8-9-13-27(26)39-5-2/h6-19,21H,4-5,20H2,1-3H3/b19-16+. The van der Waals surface area contributed by atoms with Gasteiger partial charge in [-0.2, -0.15) is 0 Å². The van der Waals surface area contributed by atoms with Crippen LogP contribution >= 0.6 is 0 Å². The number of ether oxygens (including phenoxy) is 1. The fourth-order valence-corrected chi connectivity index (χ4v) is 4.43. The normalized spacial score (nSPS) is 12.0. The highest BCUT2D eigenvalue weighted by Crippen LogP contribution is 2.28. The Morgan fingerprint density at radius 3 is 2.46 bits per heavy atom. The van der Waals surface area contributed by atoms with E-state index >= 15 is 0 Å². The zero-order valence-corrected chi connectivity index (χ0v) is 22.1. The number of carbonyl (C=O) groups excluding carboxylic acids is 1. The third-order valence-electron chi connectivity index (χ3n) is 6.32. The summed E-state index contributed by atoms with van der Waals surface area (Å²) < 4.78 is 7.37. The van der Waals surface area contributed by atoms with Crippen LogP contribution in [-0.2, 0) is 4.79 Å². The molecular weight excluding hydrogens is 496 g/mol. The molecule has 0 saturated heterocycles. The van der Waals surface area contributed by atoms with E-state index in [1.165, 1.54) is 22.8 Å². The van der Waals surface area contributed by atoms with E-state index in [1.807, 2.05) is 39.0 Å². The summed E-state index contributed by atoms with van der Waals surface area (Å²) in [6.45, 7) is 6.55. The van der Waals surface area contributed by atoms with Crippen molar-refractivity contribution >= 4 is 28.6 Å². The van der Waals surface area contributed by atoms with E-state index < -0.39 is 11.0 Å². The molecule has 4 rings (SSSR count). The summed E-state index contributed by atoms with van der Waals surface area (Å²) in [4.78, 5) is 44.3. The lowest BCUT2D eigenvalue weighted by Gasteiger charge is -2.30. The molecule has 0 saturated carbocycles. The summed E-state index contributed by atoms with van der Waals surface area (Å²) in [5.74, 6) is 0.685. The summed E-state index contributed by atoms with van der Waals surface area (Å²) in [7, 11) is 0. The van der Waals surface area contributed by atoms with Gasteiger partial charge in [0.2, 0.25) is 5.91 Å². The van der Waals surface area contributed by atoms with Gasteiger partial charge in [0.15, 0.2) is 0 Å². The molecule has 0 aliphatic carbocycles. The molecule has 1 amide bonds. The van der Waals surface area contributed by atoms with Gasteiger partial charge in [0.25, 0.3) is 11.2 Å². The largest absolute Gasteiger partial charge is 0.492 e. The van der Waals surface area contributed by atoms with Crippen LogP contribution in [0.4, 0.5) is 5.69 Å². The summed E-state index contributed by atoms with van der Waals surface area (Å²) in [5, 5.41) is 11.4. The van der Waals surface area contributed by atoms with E-state index in [4.69, 9.17) is 9.72 Å². The van der Waals surface area contributed by atoms with Gasteiger partial charge in [0.1, 0.15) is 11.6 Å². The number of aromatic nitrogens is 2. The van der Waals surface area contributed by atoms with E-state index in [1.54, 1.807) is 53.4 Å². The molecule has 1 unspecified atom stereocenters. The van der Waals surface area contributed by atoms with Gasteiger partial charge >= 0.3 is 0 Å². The van der Waals surface area contributed by atoms with Crippen molar-refractivity contribution in [1.29, 1.82) is 0 Å². The van der Waals surface area contributed by atoms with Crippen molar-refractivity contribution in [3.05, 3.63) is 111 Å². The highest BCUT2D eigenvalue weighted by atomic mass is 16.6. The van der Waals surface area contributed by atoms with Crippen molar-refractivity contribution in [2.45, 2.75) is 33.2 Å². The molecule has 9 nitrogen and oxygen atoms in total. The second-order valence-electron chi connectivity index (χ2n) is 8.92. The number of nitrogens with zero attached hydrogens (tertiary/aromatic N) is 4. The second kappa shape index (κ2) is 12.2. The van der Waals surface area contributed by atoms with Crippen LogP contribution in [0.25, 0.3) is 22.7 Å². The zero-order chi connectivity index (χ0) is 27.9. The van der Waals surface area contributed by atoms with Gasteiger partial charge in [-0.25, -0.2) is 4.98 Å². The molecule has 0 spiro atoms. The lowest BCUT2D eigenvalue weighted by atomic mass is 10.1. The first-order valence-electron chi connectivity index (χ1n) is 12.8. The van der Waals surface area contributed by atoms with Gasteiger partial charge in [-0.3, -0.25) is 24.3 Å². The number of hydrogen-bond donors (Lipinski definition) is 0. The maximum Gasteiger partial charge on any atom is 0.269 e. The van der Waals surface area contributed by atoms with Gasteiger partial charge in [0, 0.05) is 24.8 Å². The van der Waals surface area contributed by atoms with Crippen molar-refractivity contribution in [3.63, 3.8) is 0 Å². The molecule has 0 bridgehead atoms. The molecule has 200 valence electrons. The summed E-state index contributed by atoms with van der Waals surface area (Å²) in [5.41, 5.74) is 1.48. The number of non-ortho nitro benzene ring substituents is 1. The van der Waals surface area contributed by atoms with Crippen molar-refractivity contribution in [1.82, 2.24) is 14.5 Å². The monoisotopic (exact) mass is 526 g/mol. The predicted octanol–water partition coefficient (Wildman–Crippen LogP) is 5.71. The molecule has 0 N–H and O–H groups in total. The lowest BCUT2D eigenvalue weighted by Crippen LogP contribution is -2.37. The van der Waals surface area contributed by atoms with Gasteiger partial charge in [-0.15, -0.1) is 0 Å². The molecule has 1 atom stereocenters. The Morgan fingerprint density at radius 1 is 1.08 bits per heavy atom. The number of para-hydroxylation sites is 3. The quantitative estimate of drug-likeness (QED) is 0.149. The van der Waals surface area contributed by atoms with Gasteiger partial charge < -0.3 is 9.64 Å². The van der Waals surface area contributed by atoms with Crippen LogP contribution in [0.1, 0.15) is 44.6 Å². The number of carbonyl (C=O) groups is 1. The van der Waals surface area contributed by atoms with Crippen LogP contribution in [0.15, 0.2) is 83.7 Å². The minimum atomic E-state index is -0.564. The Hall–Kier alpha value is -4.79. The average molecular weight is 527 g/mol. The lowest BCUT2D eigenvalue weighted by molar-refractivity contribution is -0.384. The number of hydrogen-bond acceptors (Lipinski definition) is 6. The summed E-state index contributed by atoms with van der Waals surface area (Å²) in [6.07, 6.45) is 3.74. The molecule has 3 aromatic carbocycles. The minimum absolute atomic E-state index is 0.0209. The highest BCUT2D eigenvalue weighted by Gasteiger charge is 2.26. The fraction of sp³-hybridized carbons (Fsp3) is 0.233. The van der Waals surface area contributed by atoms with Gasteiger partial charge in [0.05, 0.1) is 34.2 Å². The van der Waals surface area contributed by atoms with E-state index in [9.17, 15) is 19.7 Å². The Balaban J connectivity index is 1.79. The first-order valence-corrected chi connectivity index (χ1v) is 12.8. The molecule has 4 aromatic rings. The van der Waals surface area contributed by atoms with Crippen molar-refractivity contribution in [3.8, 4) is 11.4 Å². The Bertz CT molecular complexity index is 1580. The zero-order valence-electron chi connectivity index (χ0n) is 22.1. The maximum atomic E-state index is 13.8. The van der Waals surface area contributed by atoms with E-state index in [0.717, 1.165) is 0 Å². The molecule has 0 fully saturated rings.